The highest BCUT2D eigenvalue weighted by Crippen LogP contribution is 2.07. The largest absolute Gasteiger partial charge is 0.243 e. The summed E-state index contributed by atoms with van der Waals surface area (Å²) >= 11 is 0. The molecule has 0 radical (unpaired) electrons. The number of hydrazine groups is 15. The molecule has 0 aromatic carbocycles. The van der Waals surface area contributed by atoms with Gasteiger partial charge in [0.2, 0.25) is 0 Å². The second-order valence-corrected chi connectivity index (χ2v) is 16.1. The summed E-state index contributed by atoms with van der Waals surface area (Å²) in [6.07, 6.45) is 39.9. The molecule has 0 atom stereocenters. The average Bonchev–Trinajstić information content (AvgIpc) is 3.36. The molecule has 0 spiro atoms. The van der Waals surface area contributed by atoms with Gasteiger partial charge in [0.15, 0.2) is 0 Å². The second-order valence-electron chi connectivity index (χ2n) is 16.1. The molecule has 68 heavy (non-hydrogen) atoms. The van der Waals surface area contributed by atoms with Gasteiger partial charge in [-0.05, 0) is 64.2 Å². The van der Waals surface area contributed by atoms with Crippen molar-refractivity contribution in [3.63, 3.8) is 0 Å². The first kappa shape index (κ1) is 72.7. The van der Waals surface area contributed by atoms with Crippen LogP contribution < -0.4 is 110 Å². The standard InChI is InChI=1S/5C8H20N4.4C2H4/c5*1-2-4-6-8-10-12-11-9-7-5-3-1;4*1-2/h5*9-12H,1-8H2;4*1-2H2. The molecule has 0 unspecified atom stereocenters. The van der Waals surface area contributed by atoms with E-state index in [4.69, 9.17) is 0 Å². The number of hydrogen-bond donors (Lipinski definition) is 20. The van der Waals surface area contributed by atoms with E-state index in [1.807, 2.05) is 0 Å². The zero-order valence-corrected chi connectivity index (χ0v) is 43.9. The van der Waals surface area contributed by atoms with Crippen LogP contribution in [0.2, 0.25) is 0 Å². The molecule has 0 amide bonds. The predicted octanol–water partition coefficient (Wildman–Crippen LogP) is 5.43. The van der Waals surface area contributed by atoms with Gasteiger partial charge in [0, 0.05) is 65.4 Å². The minimum Gasteiger partial charge on any atom is -0.243 e. The van der Waals surface area contributed by atoms with Crippen LogP contribution in [0.15, 0.2) is 52.6 Å². The molecule has 0 aromatic rings. The molecule has 0 bridgehead atoms. The van der Waals surface area contributed by atoms with Crippen molar-refractivity contribution in [3.05, 3.63) is 52.6 Å². The van der Waals surface area contributed by atoms with Crippen LogP contribution in [0.3, 0.4) is 0 Å². The van der Waals surface area contributed by atoms with E-state index in [0.29, 0.717) is 0 Å². The van der Waals surface area contributed by atoms with Crippen LogP contribution >= 0.6 is 0 Å². The normalized spacial score (nSPS) is 21.4. The minimum atomic E-state index is 1.04. The molecule has 5 fully saturated rings. The molecular weight excluding hydrogens is 857 g/mol. The van der Waals surface area contributed by atoms with Crippen LogP contribution in [-0.4, -0.2) is 65.4 Å². The quantitative estimate of drug-likeness (QED) is 0.136. The van der Waals surface area contributed by atoms with Gasteiger partial charge in [0.05, 0.1) is 0 Å². The van der Waals surface area contributed by atoms with Gasteiger partial charge in [-0.15, -0.1) is 52.6 Å². The monoisotopic (exact) mass is 973 g/mol. The summed E-state index contributed by atoms with van der Waals surface area (Å²) in [4.78, 5) is 0. The van der Waals surface area contributed by atoms with Crippen LogP contribution in [0.25, 0.3) is 0 Å². The highest BCUT2D eigenvalue weighted by Gasteiger charge is 1.98. The Hall–Kier alpha value is -1.84. The zero-order valence-electron chi connectivity index (χ0n) is 43.9. The average molecular weight is 974 g/mol. The number of hydrogen-bond acceptors (Lipinski definition) is 20. The molecule has 5 aliphatic heterocycles. The van der Waals surface area contributed by atoms with Crippen molar-refractivity contribution >= 4 is 0 Å². The van der Waals surface area contributed by atoms with Crippen molar-refractivity contribution in [2.24, 2.45) is 0 Å². The van der Waals surface area contributed by atoms with E-state index < -0.39 is 0 Å². The summed E-state index contributed by atoms with van der Waals surface area (Å²) in [5, 5.41) is 0. The van der Waals surface area contributed by atoms with E-state index in [2.05, 4.69) is 162 Å². The minimum absolute atomic E-state index is 1.04. The highest BCUT2D eigenvalue weighted by molar-refractivity contribution is 4.53. The fourth-order valence-electron chi connectivity index (χ4n) is 6.74. The van der Waals surface area contributed by atoms with Crippen molar-refractivity contribution < 1.29 is 0 Å². The fourth-order valence-corrected chi connectivity index (χ4v) is 6.74. The summed E-state index contributed by atoms with van der Waals surface area (Å²) in [5.41, 5.74) is 59.7. The second kappa shape index (κ2) is 79.3. The van der Waals surface area contributed by atoms with Gasteiger partial charge in [-0.1, -0.05) is 128 Å². The number of nitrogens with one attached hydrogen (secondary N) is 20. The lowest BCUT2D eigenvalue weighted by atomic mass is 10.1. The third kappa shape index (κ3) is 75.7. The lowest BCUT2D eigenvalue weighted by Gasteiger charge is -2.11. The molecule has 20 nitrogen and oxygen atoms in total. The molecule has 408 valence electrons. The Labute approximate surface area is 419 Å². The highest BCUT2D eigenvalue weighted by atomic mass is 15.7. The van der Waals surface area contributed by atoms with Crippen molar-refractivity contribution in [2.45, 2.75) is 193 Å². The van der Waals surface area contributed by atoms with Crippen LogP contribution in [-0.2, 0) is 0 Å². The summed E-state index contributed by atoms with van der Waals surface area (Å²) < 4.78 is 0. The topological polar surface area (TPSA) is 241 Å². The Morgan fingerprint density at radius 3 is 0.279 bits per heavy atom. The Kier molecular flexibility index (Phi) is 84.8. The van der Waals surface area contributed by atoms with Gasteiger partial charge >= 0.3 is 0 Å². The van der Waals surface area contributed by atoms with Gasteiger partial charge in [-0.25, -0.2) is 54.3 Å². The molecule has 5 aliphatic rings. The van der Waals surface area contributed by atoms with Crippen LogP contribution in [0.5, 0.6) is 0 Å². The SMILES string of the molecule is C1CCCCNNNNCCC1.C1CCCCNNNNCCC1.C1CCCCNNNNCCC1.C1CCCCNNNNCCC1.C1CCCCNNNNCCC1.C=C.C=C.C=C.C=C. The predicted molar refractivity (Wildman–Crippen MR) is 295 cm³/mol. The van der Waals surface area contributed by atoms with E-state index in [-0.39, 0.29) is 0 Å². The molecule has 0 aliphatic carbocycles. The molecule has 5 rings (SSSR count). The summed E-state index contributed by atoms with van der Waals surface area (Å²) in [6, 6.07) is 0. The van der Waals surface area contributed by atoms with Crippen LogP contribution in [0.4, 0.5) is 0 Å². The molecule has 0 aromatic heterocycles. The summed E-state index contributed by atoms with van der Waals surface area (Å²) in [7, 11) is 0. The molecule has 20 heteroatoms. The lowest BCUT2D eigenvalue weighted by Crippen LogP contribution is -2.51. The maximum atomic E-state index is 3.08. The van der Waals surface area contributed by atoms with Crippen LogP contribution in [0, 0.1) is 0 Å². The number of rotatable bonds is 0. The Morgan fingerprint density at radius 2 is 0.191 bits per heavy atom. The van der Waals surface area contributed by atoms with E-state index in [9.17, 15) is 0 Å². The van der Waals surface area contributed by atoms with Crippen molar-refractivity contribution in [1.29, 1.82) is 0 Å². The Bertz CT molecular complexity index is 465. The van der Waals surface area contributed by atoms with Crippen molar-refractivity contribution in [3.8, 4) is 0 Å². The third-order valence-corrected chi connectivity index (χ3v) is 10.5. The smallest absolute Gasteiger partial charge is 0.0113 e. The first-order valence-corrected chi connectivity index (χ1v) is 26.8. The molecule has 5 heterocycles. The molecule has 20 N–H and O–H groups in total. The first-order valence-electron chi connectivity index (χ1n) is 26.8. The van der Waals surface area contributed by atoms with E-state index in [1.165, 1.54) is 193 Å². The Morgan fingerprint density at radius 1 is 0.118 bits per heavy atom. The van der Waals surface area contributed by atoms with Gasteiger partial charge in [0.1, 0.15) is 0 Å². The van der Waals surface area contributed by atoms with Gasteiger partial charge in [-0.2, -0.15) is 55.3 Å². The summed E-state index contributed by atoms with van der Waals surface area (Å²) in [5.74, 6) is 0. The van der Waals surface area contributed by atoms with Crippen molar-refractivity contribution in [1.82, 2.24) is 110 Å². The lowest BCUT2D eigenvalue weighted by molar-refractivity contribution is 0.354. The third-order valence-electron chi connectivity index (χ3n) is 10.5. The fraction of sp³-hybridized carbons (Fsp3) is 0.833. The first-order chi connectivity index (χ1) is 34.0. The maximum Gasteiger partial charge on any atom is 0.0113 e. The van der Waals surface area contributed by atoms with Gasteiger partial charge in [-0.3, -0.25) is 0 Å². The zero-order chi connectivity index (χ0) is 50.4. The van der Waals surface area contributed by atoms with Gasteiger partial charge < -0.3 is 0 Å². The molecule has 0 saturated carbocycles. The summed E-state index contributed by atoms with van der Waals surface area (Å²) in [6.45, 7) is 34.4. The Balaban J connectivity index is -0.000000362. The molecular formula is C48H116N20. The van der Waals surface area contributed by atoms with E-state index in [0.717, 1.165) is 65.4 Å². The molecule has 5 saturated heterocycles. The van der Waals surface area contributed by atoms with E-state index >= 15 is 0 Å². The van der Waals surface area contributed by atoms with E-state index in [1.54, 1.807) is 0 Å². The maximum absolute atomic E-state index is 3.08. The van der Waals surface area contributed by atoms with Crippen molar-refractivity contribution in [2.75, 3.05) is 65.4 Å². The van der Waals surface area contributed by atoms with Crippen LogP contribution in [0.1, 0.15) is 193 Å². The van der Waals surface area contributed by atoms with Gasteiger partial charge in [0.25, 0.3) is 0 Å².